The number of aromatic amines is 1. The number of aliphatic hydroxyl groups excluding tert-OH is 1. The summed E-state index contributed by atoms with van der Waals surface area (Å²) in [6, 6.07) is 0.0790. The number of carbonyl (C=O) groups is 1. The van der Waals surface area contributed by atoms with E-state index in [2.05, 4.69) is 5.09 Å². The number of halogens is 1. The first-order valence-corrected chi connectivity index (χ1v) is 11.4. The van der Waals surface area contributed by atoms with Crippen LogP contribution in [-0.2, 0) is 23.4 Å². The van der Waals surface area contributed by atoms with E-state index < -0.39 is 61.5 Å². The second-order valence-electron chi connectivity index (χ2n) is 7.62. The summed E-state index contributed by atoms with van der Waals surface area (Å²) < 4.78 is 44.3. The fourth-order valence-electron chi connectivity index (χ4n) is 2.95. The Morgan fingerprint density at radius 1 is 1.47 bits per heavy atom. The van der Waals surface area contributed by atoms with Gasteiger partial charge in [0.2, 0.25) is 0 Å². The fourth-order valence-corrected chi connectivity index (χ4v) is 4.27. The lowest BCUT2D eigenvalue weighted by atomic mass is 9.98. The minimum Gasteiger partial charge on any atom is -0.462 e. The Labute approximate surface area is 172 Å². The maximum Gasteiger partial charge on any atom is 0.330 e. The van der Waals surface area contributed by atoms with E-state index >= 15 is 4.39 Å². The molecular formula is C17H27FN3O8P. The molecule has 170 valence electrons. The van der Waals surface area contributed by atoms with Crippen LogP contribution in [0.4, 0.5) is 4.39 Å². The lowest BCUT2D eigenvalue weighted by Crippen LogP contribution is -2.43. The van der Waals surface area contributed by atoms with Gasteiger partial charge in [0.05, 0.1) is 12.7 Å². The Kier molecular flexibility index (Phi) is 7.41. The molecule has 13 heteroatoms. The van der Waals surface area contributed by atoms with Crippen molar-refractivity contribution in [2.75, 3.05) is 13.3 Å². The van der Waals surface area contributed by atoms with E-state index in [-0.39, 0.29) is 6.10 Å². The molecule has 1 aromatic heterocycles. The number of ether oxygens (including phenoxy) is 2. The molecule has 1 aliphatic heterocycles. The largest absolute Gasteiger partial charge is 0.462 e. The van der Waals surface area contributed by atoms with Gasteiger partial charge >= 0.3 is 11.7 Å². The molecule has 0 bridgehead atoms. The third-order valence-electron chi connectivity index (χ3n) is 4.44. The van der Waals surface area contributed by atoms with E-state index in [0.717, 1.165) is 23.8 Å². The predicted molar refractivity (Wildman–Crippen MR) is 104 cm³/mol. The molecule has 3 N–H and O–H groups in total. The van der Waals surface area contributed by atoms with E-state index in [1.165, 1.54) is 13.6 Å². The quantitative estimate of drug-likeness (QED) is 0.374. The molecule has 2 rings (SSSR count). The number of nitrogens with zero attached hydrogens (tertiary/aromatic N) is 1. The topological polar surface area (TPSA) is 149 Å². The molecule has 1 saturated heterocycles. The van der Waals surface area contributed by atoms with Crippen molar-refractivity contribution in [3.63, 3.8) is 0 Å². The lowest BCUT2D eigenvalue weighted by Gasteiger charge is -2.24. The maximum atomic E-state index is 15.1. The van der Waals surface area contributed by atoms with Crippen molar-refractivity contribution < 1.29 is 32.9 Å². The van der Waals surface area contributed by atoms with Gasteiger partial charge in [-0.15, -0.1) is 0 Å². The van der Waals surface area contributed by atoms with Gasteiger partial charge in [0.1, 0.15) is 18.2 Å². The molecule has 11 nitrogen and oxygen atoms in total. The summed E-state index contributed by atoms with van der Waals surface area (Å²) in [4.78, 5) is 37.0. The van der Waals surface area contributed by atoms with Crippen LogP contribution in [0.1, 0.15) is 33.9 Å². The van der Waals surface area contributed by atoms with Crippen LogP contribution >= 0.6 is 7.52 Å². The van der Waals surface area contributed by atoms with Crippen LogP contribution in [0.2, 0.25) is 0 Å². The molecule has 1 fully saturated rings. The summed E-state index contributed by atoms with van der Waals surface area (Å²) >= 11 is 0. The second kappa shape index (κ2) is 9.11. The molecule has 0 radical (unpaired) electrons. The first-order chi connectivity index (χ1) is 13.7. The summed E-state index contributed by atoms with van der Waals surface area (Å²) in [5.41, 5.74) is -3.99. The number of nitrogens with one attached hydrogen (secondary N) is 2. The molecule has 0 saturated carbocycles. The standard InChI is InChI=1S/C17H27FN3O8P/c1-9(2)28-14(24)10(3)20-30(5,26)27-8-11-13(23)17(4,18)15(29-11)21-7-6-12(22)19-16(21)25/h6-7,9-11,13,15,23H,8H2,1-5H3,(H,20,26)(H,19,22,25). The SMILES string of the molecule is CC(C)OC(=O)C(C)NP(C)(=O)OCC1OC(n2ccc(=O)[nH]c2=O)C(C)(F)C1O. The summed E-state index contributed by atoms with van der Waals surface area (Å²) in [5, 5.41) is 12.8. The van der Waals surface area contributed by atoms with E-state index in [9.17, 15) is 24.1 Å². The third kappa shape index (κ3) is 5.64. The van der Waals surface area contributed by atoms with Gasteiger partial charge in [0.15, 0.2) is 11.9 Å². The van der Waals surface area contributed by atoms with E-state index in [1.807, 2.05) is 4.98 Å². The number of rotatable bonds is 8. The Hall–Kier alpha value is -1.85. The van der Waals surface area contributed by atoms with E-state index in [4.69, 9.17) is 14.0 Å². The Balaban J connectivity index is 2.06. The monoisotopic (exact) mass is 451 g/mol. The number of hydrogen-bond acceptors (Lipinski definition) is 8. The molecule has 1 aromatic rings. The lowest BCUT2D eigenvalue weighted by molar-refractivity contribution is -0.149. The number of aliphatic hydroxyl groups is 1. The first-order valence-electron chi connectivity index (χ1n) is 9.29. The molecular weight excluding hydrogens is 424 g/mol. The molecule has 30 heavy (non-hydrogen) atoms. The van der Waals surface area contributed by atoms with Gasteiger partial charge in [0, 0.05) is 18.9 Å². The molecule has 6 unspecified atom stereocenters. The average Bonchev–Trinajstić information content (AvgIpc) is 2.82. The smallest absolute Gasteiger partial charge is 0.330 e. The number of aromatic nitrogens is 2. The van der Waals surface area contributed by atoms with E-state index in [1.54, 1.807) is 13.8 Å². The number of hydrogen-bond donors (Lipinski definition) is 3. The summed E-state index contributed by atoms with van der Waals surface area (Å²) in [6.07, 6.45) is -3.83. The van der Waals surface area contributed by atoms with Gasteiger partial charge in [-0.05, 0) is 27.7 Å². The number of alkyl halides is 1. The van der Waals surface area contributed by atoms with Crippen molar-refractivity contribution in [1.29, 1.82) is 0 Å². The third-order valence-corrected chi connectivity index (χ3v) is 5.94. The van der Waals surface area contributed by atoms with Gasteiger partial charge in [-0.25, -0.2) is 14.3 Å². The predicted octanol–water partition coefficient (Wildman–Crippen LogP) is 0.292. The summed E-state index contributed by atoms with van der Waals surface area (Å²) in [7, 11) is -3.55. The zero-order valence-corrected chi connectivity index (χ0v) is 18.2. The molecule has 0 aromatic carbocycles. The van der Waals surface area contributed by atoms with Crippen molar-refractivity contribution in [3.05, 3.63) is 33.1 Å². The van der Waals surface area contributed by atoms with Crippen molar-refractivity contribution in [3.8, 4) is 0 Å². The van der Waals surface area contributed by atoms with Crippen LogP contribution in [0.15, 0.2) is 21.9 Å². The first kappa shape index (κ1) is 24.4. The van der Waals surface area contributed by atoms with Crippen molar-refractivity contribution in [1.82, 2.24) is 14.6 Å². The number of esters is 1. The molecule has 1 aliphatic rings. The van der Waals surface area contributed by atoms with Gasteiger partial charge in [-0.1, -0.05) is 0 Å². The van der Waals surface area contributed by atoms with Crippen LogP contribution in [-0.4, -0.2) is 63.9 Å². The highest BCUT2D eigenvalue weighted by atomic mass is 31.2. The molecule has 2 heterocycles. The molecule has 0 spiro atoms. The van der Waals surface area contributed by atoms with Gasteiger partial charge in [0.25, 0.3) is 13.1 Å². The highest BCUT2D eigenvalue weighted by Crippen LogP contribution is 2.44. The number of H-pyrrole nitrogens is 1. The van der Waals surface area contributed by atoms with Crippen LogP contribution in [0.3, 0.4) is 0 Å². The highest BCUT2D eigenvalue weighted by molar-refractivity contribution is 7.56. The van der Waals surface area contributed by atoms with Crippen molar-refractivity contribution in [2.24, 2.45) is 0 Å². The molecule has 0 amide bonds. The normalized spacial score (nSPS) is 29.5. The van der Waals surface area contributed by atoms with Crippen molar-refractivity contribution in [2.45, 2.75) is 63.9 Å². The van der Waals surface area contributed by atoms with Crippen molar-refractivity contribution >= 4 is 13.5 Å². The van der Waals surface area contributed by atoms with Crippen LogP contribution in [0.5, 0.6) is 0 Å². The molecule has 6 atom stereocenters. The zero-order valence-electron chi connectivity index (χ0n) is 17.3. The minimum atomic E-state index is -3.55. The average molecular weight is 451 g/mol. The highest BCUT2D eigenvalue weighted by Gasteiger charge is 2.55. The Bertz CT molecular complexity index is 930. The summed E-state index contributed by atoms with van der Waals surface area (Å²) in [5.74, 6) is -0.623. The summed E-state index contributed by atoms with van der Waals surface area (Å²) in [6.45, 7) is 6.55. The number of carbonyl (C=O) groups excluding carboxylic acids is 1. The Morgan fingerprint density at radius 2 is 2.10 bits per heavy atom. The van der Waals surface area contributed by atoms with Crippen LogP contribution in [0.25, 0.3) is 0 Å². The van der Waals surface area contributed by atoms with Crippen LogP contribution < -0.4 is 16.3 Å². The van der Waals surface area contributed by atoms with Gasteiger partial charge in [-0.2, -0.15) is 0 Å². The van der Waals surface area contributed by atoms with E-state index in [0.29, 0.717) is 0 Å². The van der Waals surface area contributed by atoms with Gasteiger partial charge < -0.3 is 19.1 Å². The second-order valence-corrected chi connectivity index (χ2v) is 9.83. The van der Waals surface area contributed by atoms with Gasteiger partial charge in [-0.3, -0.25) is 23.7 Å². The molecule has 0 aliphatic carbocycles. The maximum absolute atomic E-state index is 15.1. The Morgan fingerprint density at radius 3 is 2.67 bits per heavy atom. The minimum absolute atomic E-state index is 0.351. The van der Waals surface area contributed by atoms with Crippen LogP contribution in [0, 0.1) is 0 Å². The zero-order chi connectivity index (χ0) is 22.9. The fraction of sp³-hybridized carbons (Fsp3) is 0.706.